The van der Waals surface area contributed by atoms with Crippen molar-refractivity contribution in [3.05, 3.63) is 35.9 Å². The molecular formula is C23H30N2O. The molecule has 4 aliphatic carbocycles. The monoisotopic (exact) mass is 350 g/mol. The van der Waals surface area contributed by atoms with Gasteiger partial charge < -0.3 is 10.6 Å². The number of hydrogen-bond acceptors (Lipinski definition) is 2. The minimum absolute atomic E-state index is 0.236. The van der Waals surface area contributed by atoms with Gasteiger partial charge in [-0.2, -0.15) is 0 Å². The number of amides is 1. The third-order valence-corrected chi connectivity index (χ3v) is 9.28. The molecule has 0 radical (unpaired) electrons. The Morgan fingerprint density at radius 3 is 2.69 bits per heavy atom. The molecule has 5 atom stereocenters. The van der Waals surface area contributed by atoms with Crippen molar-refractivity contribution in [2.45, 2.75) is 50.4 Å². The van der Waals surface area contributed by atoms with Gasteiger partial charge in [0, 0.05) is 17.9 Å². The molecule has 0 aromatic heterocycles. The highest BCUT2D eigenvalue weighted by Crippen LogP contribution is 2.91. The maximum Gasteiger partial charge on any atom is 0.223 e. The summed E-state index contributed by atoms with van der Waals surface area (Å²) in [5.41, 5.74) is 2.92. The predicted octanol–water partition coefficient (Wildman–Crippen LogP) is 3.25. The van der Waals surface area contributed by atoms with Gasteiger partial charge in [-0.25, -0.2) is 0 Å². The Bertz CT molecular complexity index is 742. The standard InChI is InChI=1S/C23H30N2O/c26-20(17-6-8-24-9-7-17)25-15-21-11-16-10-19-13-22(14-21,23(19,21)12-16)18-4-2-1-3-5-18/h1-5,16-17,19,24H,6-15H2,(H,25,26). The van der Waals surface area contributed by atoms with E-state index in [4.69, 9.17) is 0 Å². The molecule has 5 unspecified atom stereocenters. The lowest BCUT2D eigenvalue weighted by atomic mass is 9.23. The molecular weight excluding hydrogens is 320 g/mol. The number of benzene rings is 1. The van der Waals surface area contributed by atoms with Crippen LogP contribution in [0.3, 0.4) is 0 Å². The minimum Gasteiger partial charge on any atom is -0.355 e. The Morgan fingerprint density at radius 2 is 1.92 bits per heavy atom. The van der Waals surface area contributed by atoms with E-state index in [0.717, 1.165) is 44.3 Å². The van der Waals surface area contributed by atoms with Gasteiger partial charge in [-0.3, -0.25) is 4.79 Å². The third-order valence-electron chi connectivity index (χ3n) is 9.28. The van der Waals surface area contributed by atoms with Gasteiger partial charge in [0.2, 0.25) is 5.91 Å². The molecule has 3 heteroatoms. The fourth-order valence-corrected chi connectivity index (χ4v) is 8.61. The van der Waals surface area contributed by atoms with Crippen LogP contribution in [0.1, 0.15) is 50.5 Å². The maximum atomic E-state index is 12.7. The average molecular weight is 351 g/mol. The molecule has 26 heavy (non-hydrogen) atoms. The Morgan fingerprint density at radius 1 is 1.12 bits per heavy atom. The van der Waals surface area contributed by atoms with Crippen LogP contribution in [0, 0.1) is 28.6 Å². The summed E-state index contributed by atoms with van der Waals surface area (Å²) in [7, 11) is 0. The fourth-order valence-electron chi connectivity index (χ4n) is 8.61. The highest BCUT2D eigenvalue weighted by atomic mass is 16.1. The highest BCUT2D eigenvalue weighted by molar-refractivity contribution is 5.79. The maximum absolute atomic E-state index is 12.7. The zero-order chi connectivity index (χ0) is 17.4. The van der Waals surface area contributed by atoms with Crippen molar-refractivity contribution in [2.75, 3.05) is 19.6 Å². The van der Waals surface area contributed by atoms with Gasteiger partial charge in [0.15, 0.2) is 0 Å². The molecule has 5 fully saturated rings. The number of carbonyl (C=O) groups is 1. The molecule has 1 amide bonds. The molecule has 2 N–H and O–H groups in total. The van der Waals surface area contributed by atoms with Crippen molar-refractivity contribution >= 4 is 5.91 Å². The summed E-state index contributed by atoms with van der Waals surface area (Å²) < 4.78 is 0. The molecule has 5 aliphatic rings. The van der Waals surface area contributed by atoms with Gasteiger partial charge in [-0.1, -0.05) is 30.3 Å². The van der Waals surface area contributed by atoms with E-state index >= 15 is 0 Å². The second-order valence-electron chi connectivity index (χ2n) is 10.0. The quantitative estimate of drug-likeness (QED) is 0.875. The topological polar surface area (TPSA) is 41.1 Å². The number of rotatable bonds is 4. The second-order valence-corrected chi connectivity index (χ2v) is 10.0. The third kappa shape index (κ3) is 1.67. The summed E-state index contributed by atoms with van der Waals surface area (Å²) >= 11 is 0. The van der Waals surface area contributed by atoms with Crippen LogP contribution in [0.25, 0.3) is 0 Å². The van der Waals surface area contributed by atoms with Crippen LogP contribution in [0.4, 0.5) is 0 Å². The van der Waals surface area contributed by atoms with Gasteiger partial charge in [0.1, 0.15) is 0 Å². The number of hydrogen-bond donors (Lipinski definition) is 2. The van der Waals surface area contributed by atoms with Gasteiger partial charge in [-0.15, -0.1) is 0 Å². The van der Waals surface area contributed by atoms with Gasteiger partial charge >= 0.3 is 0 Å². The molecule has 2 bridgehead atoms. The van der Waals surface area contributed by atoms with Crippen molar-refractivity contribution in [3.8, 4) is 0 Å². The number of carbonyl (C=O) groups excluding carboxylic acids is 1. The predicted molar refractivity (Wildman–Crippen MR) is 102 cm³/mol. The first kappa shape index (κ1) is 15.7. The first-order valence-electron chi connectivity index (χ1n) is 10.7. The Hall–Kier alpha value is -1.35. The zero-order valence-corrected chi connectivity index (χ0v) is 15.6. The summed E-state index contributed by atoms with van der Waals surface area (Å²) in [5.74, 6) is 2.41. The number of piperidine rings is 1. The molecule has 3 nitrogen and oxygen atoms in total. The second kappa shape index (κ2) is 5.13. The molecule has 1 saturated heterocycles. The van der Waals surface area contributed by atoms with Crippen molar-refractivity contribution in [1.29, 1.82) is 0 Å². The molecule has 1 aromatic carbocycles. The van der Waals surface area contributed by atoms with Crippen LogP contribution in [0.15, 0.2) is 30.3 Å². The van der Waals surface area contributed by atoms with Crippen LogP contribution in [0.5, 0.6) is 0 Å². The van der Waals surface area contributed by atoms with E-state index < -0.39 is 0 Å². The lowest BCUT2D eigenvalue weighted by Crippen LogP contribution is -2.78. The summed E-state index contributed by atoms with van der Waals surface area (Å²) in [6.07, 6.45) is 8.96. The fraction of sp³-hybridized carbons (Fsp3) is 0.696. The SMILES string of the molecule is O=C(NCC12CC3CC4CC(c5ccccc5)(C1)C42C3)C1CCNCC1. The smallest absolute Gasteiger partial charge is 0.223 e. The first-order chi connectivity index (χ1) is 12.7. The van der Waals surface area contributed by atoms with E-state index in [9.17, 15) is 4.79 Å². The van der Waals surface area contributed by atoms with Gasteiger partial charge in [0.05, 0.1) is 0 Å². The molecule has 1 aromatic rings. The molecule has 6 rings (SSSR count). The van der Waals surface area contributed by atoms with Crippen LogP contribution < -0.4 is 10.6 Å². The van der Waals surface area contributed by atoms with E-state index in [1.165, 1.54) is 32.1 Å². The van der Waals surface area contributed by atoms with Gasteiger partial charge in [0.25, 0.3) is 0 Å². The normalized spacial score (nSPS) is 45.5. The zero-order valence-electron chi connectivity index (χ0n) is 15.6. The summed E-state index contributed by atoms with van der Waals surface area (Å²) in [4.78, 5) is 12.7. The van der Waals surface area contributed by atoms with Gasteiger partial charge in [-0.05, 0) is 86.3 Å². The van der Waals surface area contributed by atoms with E-state index in [-0.39, 0.29) is 5.92 Å². The summed E-state index contributed by atoms with van der Waals surface area (Å²) in [6, 6.07) is 11.3. The van der Waals surface area contributed by atoms with Crippen molar-refractivity contribution in [1.82, 2.24) is 10.6 Å². The van der Waals surface area contributed by atoms with Crippen LogP contribution in [-0.4, -0.2) is 25.5 Å². The van der Waals surface area contributed by atoms with Crippen molar-refractivity contribution in [2.24, 2.45) is 28.6 Å². The largest absolute Gasteiger partial charge is 0.355 e. The molecule has 138 valence electrons. The van der Waals surface area contributed by atoms with Crippen molar-refractivity contribution in [3.63, 3.8) is 0 Å². The summed E-state index contributed by atoms with van der Waals surface area (Å²) in [6.45, 7) is 2.93. The number of nitrogens with one attached hydrogen (secondary N) is 2. The van der Waals surface area contributed by atoms with Crippen LogP contribution in [-0.2, 0) is 10.2 Å². The molecule has 1 aliphatic heterocycles. The minimum atomic E-state index is 0.236. The van der Waals surface area contributed by atoms with E-state index in [1.54, 1.807) is 5.56 Å². The Labute approximate surface area is 156 Å². The molecule has 1 spiro atoms. The van der Waals surface area contributed by atoms with Crippen LogP contribution in [0.2, 0.25) is 0 Å². The van der Waals surface area contributed by atoms with E-state index in [2.05, 4.69) is 41.0 Å². The Balaban J connectivity index is 1.24. The average Bonchev–Trinajstić information content (AvgIpc) is 3.17. The lowest BCUT2D eigenvalue weighted by molar-refractivity contribution is -0.266. The van der Waals surface area contributed by atoms with Crippen molar-refractivity contribution < 1.29 is 4.79 Å². The molecule has 1 heterocycles. The summed E-state index contributed by atoms with van der Waals surface area (Å²) in [5, 5.41) is 6.81. The highest BCUT2D eigenvalue weighted by Gasteiger charge is 2.86. The molecule has 4 saturated carbocycles. The first-order valence-corrected chi connectivity index (χ1v) is 10.7. The lowest BCUT2D eigenvalue weighted by Gasteiger charge is -2.80. The van der Waals surface area contributed by atoms with Crippen LogP contribution >= 0.6 is 0 Å². The number of fused-ring (bicyclic) bond motifs is 1. The Kier molecular flexibility index (Phi) is 3.09. The van der Waals surface area contributed by atoms with E-state index in [1.807, 2.05) is 0 Å². The van der Waals surface area contributed by atoms with E-state index in [0.29, 0.717) is 22.2 Å².